The Labute approximate surface area is 235 Å². The first-order valence-corrected chi connectivity index (χ1v) is 13.4. The first-order valence-electron chi connectivity index (χ1n) is 13.4. The molecule has 0 saturated carbocycles. The number of halogens is 1. The number of aromatic hydroxyl groups is 1. The maximum atomic E-state index is 13.8. The van der Waals surface area contributed by atoms with Crippen LogP contribution in [0.5, 0.6) is 5.88 Å². The summed E-state index contributed by atoms with van der Waals surface area (Å²) in [6, 6.07) is 16.5. The minimum atomic E-state index is -0.497. The van der Waals surface area contributed by atoms with Gasteiger partial charge in [-0.05, 0) is 66.6 Å². The van der Waals surface area contributed by atoms with Gasteiger partial charge in [-0.15, -0.1) is 0 Å². The van der Waals surface area contributed by atoms with E-state index < -0.39 is 11.8 Å². The van der Waals surface area contributed by atoms with Gasteiger partial charge in [0.15, 0.2) is 5.88 Å². The monoisotopic (exact) mass is 556 g/mol. The molecule has 1 fully saturated rings. The van der Waals surface area contributed by atoms with Crippen molar-refractivity contribution in [3.8, 4) is 5.88 Å². The number of carbonyl (C=O) groups excluding carboxylic acids is 2. The lowest BCUT2D eigenvalue weighted by Crippen LogP contribution is -2.42. The van der Waals surface area contributed by atoms with Crippen molar-refractivity contribution >= 4 is 39.9 Å². The van der Waals surface area contributed by atoms with Gasteiger partial charge in [-0.2, -0.15) is 0 Å². The predicted molar refractivity (Wildman–Crippen MR) is 153 cm³/mol. The Morgan fingerprint density at radius 1 is 1.12 bits per heavy atom. The molecule has 2 aliphatic rings. The average molecular weight is 557 g/mol. The zero-order valence-electron chi connectivity index (χ0n) is 22.4. The van der Waals surface area contributed by atoms with E-state index in [9.17, 15) is 19.1 Å². The van der Waals surface area contributed by atoms with Crippen molar-refractivity contribution in [3.63, 3.8) is 0 Å². The minimum absolute atomic E-state index is 0.0238. The molecule has 9 nitrogen and oxygen atoms in total. The molecule has 0 spiro atoms. The van der Waals surface area contributed by atoms with Crippen molar-refractivity contribution in [2.45, 2.75) is 18.9 Å². The third-order valence-corrected chi connectivity index (χ3v) is 7.46. The highest BCUT2D eigenvalue weighted by Gasteiger charge is 2.28. The fourth-order valence-electron chi connectivity index (χ4n) is 5.44. The van der Waals surface area contributed by atoms with Crippen LogP contribution in [0.4, 0.5) is 15.8 Å². The summed E-state index contributed by atoms with van der Waals surface area (Å²) in [4.78, 5) is 34.7. The Kier molecular flexibility index (Phi) is 7.25. The molecule has 41 heavy (non-hydrogen) atoms. The van der Waals surface area contributed by atoms with E-state index in [2.05, 4.69) is 10.3 Å². The molecule has 1 unspecified atom stereocenters. The molecule has 3 N–H and O–H groups in total. The van der Waals surface area contributed by atoms with Gasteiger partial charge in [0.05, 0.1) is 48.8 Å². The van der Waals surface area contributed by atoms with Crippen LogP contribution in [0.25, 0.3) is 10.9 Å². The fraction of sp³-hybridized carbons (Fsp3) is 0.258. The Morgan fingerprint density at radius 3 is 2.68 bits per heavy atom. The van der Waals surface area contributed by atoms with E-state index in [1.807, 2.05) is 18.2 Å². The van der Waals surface area contributed by atoms with E-state index >= 15 is 0 Å². The number of esters is 1. The molecular weight excluding hydrogens is 527 g/mol. The number of amides is 1. The number of carbonyl (C=O) groups is 2. The number of ether oxygens (including phenoxy) is 2. The van der Waals surface area contributed by atoms with Gasteiger partial charge in [-0.25, -0.2) is 14.2 Å². The number of aliphatic imine (C=N–C) groups is 1. The number of nitrogens with one attached hydrogen (secondary N) is 2. The topological polar surface area (TPSA) is 116 Å². The van der Waals surface area contributed by atoms with Gasteiger partial charge in [-0.3, -0.25) is 4.79 Å². The van der Waals surface area contributed by atoms with E-state index in [1.165, 1.54) is 19.2 Å². The minimum Gasteiger partial charge on any atom is -0.494 e. The quantitative estimate of drug-likeness (QED) is 0.242. The maximum absolute atomic E-state index is 13.8. The zero-order valence-corrected chi connectivity index (χ0v) is 22.4. The highest BCUT2D eigenvalue weighted by atomic mass is 19.1. The Balaban J connectivity index is 1.37. The molecule has 0 radical (unpaired) electrons. The summed E-state index contributed by atoms with van der Waals surface area (Å²) in [5, 5.41) is 14.9. The zero-order chi connectivity index (χ0) is 28.5. The van der Waals surface area contributed by atoms with Crippen LogP contribution in [-0.4, -0.2) is 67.1 Å². The molecule has 1 aromatic heterocycles. The average Bonchev–Trinajstić information content (AvgIpc) is 3.56. The van der Waals surface area contributed by atoms with E-state index in [0.717, 1.165) is 17.8 Å². The third-order valence-electron chi connectivity index (χ3n) is 7.46. The number of H-pyrrole nitrogens is 1. The predicted octanol–water partition coefficient (Wildman–Crippen LogP) is 4.24. The molecule has 10 heteroatoms. The molecule has 0 aliphatic carbocycles. The van der Waals surface area contributed by atoms with Crippen molar-refractivity contribution < 1.29 is 28.6 Å². The van der Waals surface area contributed by atoms with Gasteiger partial charge < -0.3 is 29.8 Å². The van der Waals surface area contributed by atoms with Crippen molar-refractivity contribution in [1.29, 1.82) is 0 Å². The molecule has 4 aromatic rings. The van der Waals surface area contributed by atoms with Crippen LogP contribution >= 0.6 is 0 Å². The van der Waals surface area contributed by atoms with Gasteiger partial charge >= 0.3 is 5.97 Å². The van der Waals surface area contributed by atoms with Crippen LogP contribution < -0.4 is 10.2 Å². The number of nitrogens with zero attached hydrogens (tertiary/aromatic N) is 2. The number of hydrogen-bond acceptors (Lipinski definition) is 7. The molecule has 6 rings (SSSR count). The lowest BCUT2D eigenvalue weighted by atomic mass is 10.00. The standard InChI is InChI=1S/C31H29FN4O5/c1-40-31(39)20-4-8-24-25(15-20)35-30(38)28(24)29(18-2-5-21(32)6-3-18)34-22-7-9-26-19(14-22)10-12-36(26)27(37)16-23-17-33-11-13-41-23/h2-9,14-15,23,33,35,38H,10-13,16-17H2,1H3. The summed E-state index contributed by atoms with van der Waals surface area (Å²) in [6.07, 6.45) is 0.878. The summed E-state index contributed by atoms with van der Waals surface area (Å²) < 4.78 is 24.4. The van der Waals surface area contributed by atoms with Crippen molar-refractivity contribution in [3.05, 3.63) is 88.7 Å². The molecule has 1 atom stereocenters. The number of methoxy groups -OCH3 is 1. The van der Waals surface area contributed by atoms with Crippen molar-refractivity contribution in [1.82, 2.24) is 10.3 Å². The van der Waals surface area contributed by atoms with Gasteiger partial charge in [0.1, 0.15) is 5.82 Å². The van der Waals surface area contributed by atoms with Crippen LogP contribution in [0.1, 0.15) is 33.5 Å². The number of aromatic nitrogens is 1. The van der Waals surface area contributed by atoms with Gasteiger partial charge in [-0.1, -0.05) is 6.07 Å². The summed E-state index contributed by atoms with van der Waals surface area (Å²) in [5.74, 6) is -1.00. The van der Waals surface area contributed by atoms with Crippen LogP contribution in [0, 0.1) is 5.82 Å². The smallest absolute Gasteiger partial charge is 0.337 e. The van der Waals surface area contributed by atoms with Crippen LogP contribution in [-0.2, 0) is 20.7 Å². The number of hydrogen-bond donors (Lipinski definition) is 3. The van der Waals surface area contributed by atoms with Crippen LogP contribution in [0.15, 0.2) is 65.7 Å². The summed E-state index contributed by atoms with van der Waals surface area (Å²) >= 11 is 0. The lowest BCUT2D eigenvalue weighted by Gasteiger charge is -2.25. The normalized spacial score (nSPS) is 17.1. The summed E-state index contributed by atoms with van der Waals surface area (Å²) in [5.41, 5.74) is 4.76. The molecular formula is C31H29FN4O5. The van der Waals surface area contributed by atoms with Gasteiger partial charge in [0.25, 0.3) is 0 Å². The fourth-order valence-corrected chi connectivity index (χ4v) is 5.44. The van der Waals surface area contributed by atoms with E-state index in [1.54, 1.807) is 35.2 Å². The van der Waals surface area contributed by atoms with Gasteiger partial charge in [0, 0.05) is 41.8 Å². The summed E-state index contributed by atoms with van der Waals surface area (Å²) in [6.45, 7) is 2.64. The maximum Gasteiger partial charge on any atom is 0.337 e. The molecule has 0 bridgehead atoms. The van der Waals surface area contributed by atoms with E-state index in [-0.39, 0.29) is 17.9 Å². The second kappa shape index (κ2) is 11.1. The number of fused-ring (bicyclic) bond motifs is 2. The van der Waals surface area contributed by atoms with E-state index in [4.69, 9.17) is 14.5 Å². The molecule has 2 aliphatic heterocycles. The van der Waals surface area contributed by atoms with Crippen molar-refractivity contribution in [2.24, 2.45) is 4.99 Å². The SMILES string of the molecule is COC(=O)c1ccc2c(C(=Nc3ccc4c(c3)CCN4C(=O)CC3CNCCO3)c3ccc(F)cc3)c(O)[nH]c2c1. The van der Waals surface area contributed by atoms with Crippen molar-refractivity contribution in [2.75, 3.05) is 38.3 Å². The molecule has 210 valence electrons. The van der Waals surface area contributed by atoms with Crippen LogP contribution in [0.3, 0.4) is 0 Å². The van der Waals surface area contributed by atoms with Gasteiger partial charge in [0.2, 0.25) is 5.91 Å². The Bertz CT molecular complexity index is 1660. The Morgan fingerprint density at radius 2 is 1.93 bits per heavy atom. The molecule has 1 amide bonds. The highest BCUT2D eigenvalue weighted by Crippen LogP contribution is 2.35. The number of benzene rings is 3. The third kappa shape index (κ3) is 5.31. The highest BCUT2D eigenvalue weighted by molar-refractivity contribution is 6.22. The first kappa shape index (κ1) is 26.7. The number of rotatable bonds is 6. The molecule has 3 aromatic carbocycles. The second-order valence-electron chi connectivity index (χ2n) is 10.1. The largest absolute Gasteiger partial charge is 0.494 e. The van der Waals surface area contributed by atoms with Crippen LogP contribution in [0.2, 0.25) is 0 Å². The summed E-state index contributed by atoms with van der Waals surface area (Å²) in [7, 11) is 1.30. The number of anilines is 1. The lowest BCUT2D eigenvalue weighted by molar-refractivity contribution is -0.121. The van der Waals surface area contributed by atoms with E-state index in [0.29, 0.717) is 71.5 Å². The molecule has 1 saturated heterocycles. The number of morpholine rings is 1. The Hall–Kier alpha value is -4.54. The second-order valence-corrected chi connectivity index (χ2v) is 10.1. The number of aromatic amines is 1. The molecule has 3 heterocycles. The first-order chi connectivity index (χ1) is 19.9.